The van der Waals surface area contributed by atoms with Gasteiger partial charge in [-0.1, -0.05) is 30.7 Å². The Kier molecular flexibility index (Phi) is 3.72. The van der Waals surface area contributed by atoms with Crippen molar-refractivity contribution in [1.29, 1.82) is 0 Å². The monoisotopic (exact) mass is 210 g/mol. The van der Waals surface area contributed by atoms with Gasteiger partial charge in [-0.25, -0.2) is 4.79 Å². The van der Waals surface area contributed by atoms with E-state index in [1.165, 1.54) is 0 Å². The third-order valence-corrected chi connectivity index (χ3v) is 2.12. The molecule has 1 rings (SSSR count). The fourth-order valence-electron chi connectivity index (χ4n) is 1.08. The highest BCUT2D eigenvalue weighted by atomic mass is 35.5. The molecule has 0 aromatic heterocycles. The third-order valence-electron chi connectivity index (χ3n) is 1.87. The summed E-state index contributed by atoms with van der Waals surface area (Å²) in [6.45, 7) is 1.82. The summed E-state index contributed by atoms with van der Waals surface area (Å²) in [4.78, 5) is 10.7. The van der Waals surface area contributed by atoms with Gasteiger partial charge in [0.15, 0.2) is 0 Å². The predicted octanol–water partition coefficient (Wildman–Crippen LogP) is 3.22. The Bertz CT molecular complexity index is 352. The average Bonchev–Trinajstić information content (AvgIpc) is 2.16. The molecular formula is C11H11ClO2. The Hall–Kier alpha value is -1.28. The van der Waals surface area contributed by atoms with E-state index in [9.17, 15) is 4.79 Å². The Labute approximate surface area is 87.8 Å². The topological polar surface area (TPSA) is 37.3 Å². The van der Waals surface area contributed by atoms with Gasteiger partial charge in [-0.15, -0.1) is 0 Å². The van der Waals surface area contributed by atoms with E-state index in [0.29, 0.717) is 17.0 Å². The van der Waals surface area contributed by atoms with Gasteiger partial charge >= 0.3 is 5.97 Å². The molecule has 74 valence electrons. The van der Waals surface area contributed by atoms with E-state index in [2.05, 4.69) is 0 Å². The highest BCUT2D eigenvalue weighted by molar-refractivity contribution is 6.30. The summed E-state index contributed by atoms with van der Waals surface area (Å²) in [5.41, 5.74) is 1.25. The van der Waals surface area contributed by atoms with Gasteiger partial charge in [0.1, 0.15) is 0 Å². The zero-order valence-corrected chi connectivity index (χ0v) is 8.58. The summed E-state index contributed by atoms with van der Waals surface area (Å²) in [5, 5.41) is 9.44. The number of hydrogen-bond acceptors (Lipinski definition) is 1. The zero-order chi connectivity index (χ0) is 10.6. The molecule has 2 nitrogen and oxygen atoms in total. The highest BCUT2D eigenvalue weighted by Crippen LogP contribution is 2.13. The molecule has 3 heteroatoms. The number of carboxylic acid groups (broad SMARTS) is 1. The molecule has 0 saturated heterocycles. The summed E-state index contributed by atoms with van der Waals surface area (Å²) in [6.07, 6.45) is 2.16. The van der Waals surface area contributed by atoms with Crippen LogP contribution in [0.15, 0.2) is 29.8 Å². The van der Waals surface area contributed by atoms with Crippen LogP contribution in [0.5, 0.6) is 0 Å². The first-order valence-corrected chi connectivity index (χ1v) is 4.70. The second-order valence-corrected chi connectivity index (χ2v) is 3.32. The normalized spacial score (nSPS) is 11.4. The molecule has 0 radical (unpaired) electrons. The SMILES string of the molecule is CC/C(=C\c1ccc(Cl)cc1)C(=O)O. The van der Waals surface area contributed by atoms with Gasteiger partial charge in [0.25, 0.3) is 0 Å². The van der Waals surface area contributed by atoms with Crippen LogP contribution in [0.3, 0.4) is 0 Å². The standard InChI is InChI=1S/C11H11ClO2/c1-2-9(11(13)14)7-8-3-5-10(12)6-4-8/h3-7H,2H2,1H3,(H,13,14)/b9-7+. The Morgan fingerprint density at radius 1 is 1.43 bits per heavy atom. The number of aliphatic carboxylic acids is 1. The lowest BCUT2D eigenvalue weighted by molar-refractivity contribution is -0.132. The summed E-state index contributed by atoms with van der Waals surface area (Å²) in [5.74, 6) is -0.873. The van der Waals surface area contributed by atoms with Crippen LogP contribution in [0.2, 0.25) is 5.02 Å². The third kappa shape index (κ3) is 2.89. The second kappa shape index (κ2) is 4.82. The van der Waals surface area contributed by atoms with Crippen molar-refractivity contribution >= 4 is 23.6 Å². The van der Waals surface area contributed by atoms with E-state index in [-0.39, 0.29) is 0 Å². The minimum absolute atomic E-state index is 0.396. The van der Waals surface area contributed by atoms with Gasteiger partial charge in [0, 0.05) is 10.6 Å². The highest BCUT2D eigenvalue weighted by Gasteiger charge is 2.03. The summed E-state index contributed by atoms with van der Waals surface area (Å²) in [7, 11) is 0. The summed E-state index contributed by atoms with van der Waals surface area (Å²) in [6, 6.07) is 7.06. The van der Waals surface area contributed by atoms with Crippen LogP contribution in [0.4, 0.5) is 0 Å². The second-order valence-electron chi connectivity index (χ2n) is 2.88. The van der Waals surface area contributed by atoms with Crippen molar-refractivity contribution in [1.82, 2.24) is 0 Å². The summed E-state index contributed by atoms with van der Waals surface area (Å²) < 4.78 is 0. The van der Waals surface area contributed by atoms with Gasteiger partial charge < -0.3 is 5.11 Å². The Morgan fingerprint density at radius 2 is 2.00 bits per heavy atom. The number of benzene rings is 1. The van der Waals surface area contributed by atoms with E-state index in [4.69, 9.17) is 16.7 Å². The number of carbonyl (C=O) groups is 1. The Morgan fingerprint density at radius 3 is 2.43 bits per heavy atom. The smallest absolute Gasteiger partial charge is 0.331 e. The van der Waals surface area contributed by atoms with Crippen LogP contribution >= 0.6 is 11.6 Å². The lowest BCUT2D eigenvalue weighted by Crippen LogP contribution is -1.98. The van der Waals surface area contributed by atoms with Crippen molar-refractivity contribution in [3.8, 4) is 0 Å². The maximum Gasteiger partial charge on any atom is 0.331 e. The van der Waals surface area contributed by atoms with Crippen molar-refractivity contribution in [2.24, 2.45) is 0 Å². The van der Waals surface area contributed by atoms with Crippen molar-refractivity contribution in [2.75, 3.05) is 0 Å². The van der Waals surface area contributed by atoms with E-state index >= 15 is 0 Å². The van der Waals surface area contributed by atoms with Crippen LogP contribution < -0.4 is 0 Å². The van der Waals surface area contributed by atoms with Gasteiger partial charge in [-0.05, 0) is 30.2 Å². The maximum atomic E-state index is 10.7. The molecule has 0 spiro atoms. The number of hydrogen-bond donors (Lipinski definition) is 1. The zero-order valence-electron chi connectivity index (χ0n) is 7.83. The minimum Gasteiger partial charge on any atom is -0.478 e. The van der Waals surface area contributed by atoms with Crippen molar-refractivity contribution < 1.29 is 9.90 Å². The Balaban J connectivity index is 2.95. The predicted molar refractivity (Wildman–Crippen MR) is 57.4 cm³/mol. The quantitative estimate of drug-likeness (QED) is 0.778. The minimum atomic E-state index is -0.873. The van der Waals surface area contributed by atoms with Gasteiger partial charge in [0.2, 0.25) is 0 Å². The van der Waals surface area contributed by atoms with Gasteiger partial charge in [-0.3, -0.25) is 0 Å². The van der Waals surface area contributed by atoms with Crippen LogP contribution in [0, 0.1) is 0 Å². The van der Waals surface area contributed by atoms with Crippen LogP contribution in [-0.4, -0.2) is 11.1 Å². The molecule has 0 amide bonds. The van der Waals surface area contributed by atoms with Gasteiger partial charge in [-0.2, -0.15) is 0 Å². The van der Waals surface area contributed by atoms with E-state index in [1.54, 1.807) is 30.3 Å². The molecule has 1 N–H and O–H groups in total. The molecule has 0 atom stereocenters. The van der Waals surface area contributed by atoms with E-state index in [1.807, 2.05) is 6.92 Å². The molecule has 0 heterocycles. The molecule has 0 unspecified atom stereocenters. The maximum absolute atomic E-state index is 10.7. The molecule has 0 aliphatic rings. The lowest BCUT2D eigenvalue weighted by atomic mass is 10.1. The fourth-order valence-corrected chi connectivity index (χ4v) is 1.20. The first-order chi connectivity index (χ1) is 6.63. The molecule has 14 heavy (non-hydrogen) atoms. The number of rotatable bonds is 3. The van der Waals surface area contributed by atoms with E-state index < -0.39 is 5.97 Å². The molecule has 0 aliphatic carbocycles. The van der Waals surface area contributed by atoms with Crippen molar-refractivity contribution in [3.63, 3.8) is 0 Å². The largest absolute Gasteiger partial charge is 0.478 e. The first-order valence-electron chi connectivity index (χ1n) is 4.33. The van der Waals surface area contributed by atoms with Crippen molar-refractivity contribution in [2.45, 2.75) is 13.3 Å². The molecular weight excluding hydrogens is 200 g/mol. The molecule has 0 aliphatic heterocycles. The molecule has 0 saturated carbocycles. The van der Waals surface area contributed by atoms with Crippen LogP contribution in [0.25, 0.3) is 6.08 Å². The lowest BCUT2D eigenvalue weighted by Gasteiger charge is -1.98. The van der Waals surface area contributed by atoms with Crippen molar-refractivity contribution in [3.05, 3.63) is 40.4 Å². The number of carboxylic acids is 1. The molecule has 0 fully saturated rings. The van der Waals surface area contributed by atoms with Crippen LogP contribution in [-0.2, 0) is 4.79 Å². The average molecular weight is 211 g/mol. The fraction of sp³-hybridized carbons (Fsp3) is 0.182. The van der Waals surface area contributed by atoms with E-state index in [0.717, 1.165) is 5.56 Å². The summed E-state index contributed by atoms with van der Waals surface area (Å²) >= 11 is 5.71. The first kappa shape index (κ1) is 10.8. The molecule has 1 aromatic carbocycles. The molecule has 1 aromatic rings. The van der Waals surface area contributed by atoms with Crippen LogP contribution in [0.1, 0.15) is 18.9 Å². The molecule has 0 bridgehead atoms. The van der Waals surface area contributed by atoms with Gasteiger partial charge in [0.05, 0.1) is 0 Å². The number of halogens is 1.